The van der Waals surface area contributed by atoms with E-state index >= 15 is 0 Å². The van der Waals surface area contributed by atoms with E-state index in [1.54, 1.807) is 0 Å². The third kappa shape index (κ3) is 4.30. The zero-order valence-corrected chi connectivity index (χ0v) is 21.5. The van der Waals surface area contributed by atoms with E-state index in [4.69, 9.17) is 9.72 Å². The summed E-state index contributed by atoms with van der Waals surface area (Å²) in [5.74, 6) is 1.40. The van der Waals surface area contributed by atoms with Gasteiger partial charge in [0.05, 0.1) is 22.8 Å². The standard InChI is InChI=1S/C30H33N5O3/c36-29-12-9-21(14-32-29)35-18-19-13-22(10-11-23(19)30(35)37)38-28-8-4-3-7-27(28)34-16-20(17-34)26-15-31-24-5-1-2-6-25(24)33-26/h1-2,5-6,10-11,13,15,20-21,27-28H,3-4,7-9,12,14,16-18H2,(H,32,36)/t21?,27-,28-/m1/s1. The summed E-state index contributed by atoms with van der Waals surface area (Å²) in [4.78, 5) is 38.6. The lowest BCUT2D eigenvalue weighted by atomic mass is 9.86. The molecule has 38 heavy (non-hydrogen) atoms. The normalized spacial score (nSPS) is 26.2. The van der Waals surface area contributed by atoms with Crippen molar-refractivity contribution in [3.05, 3.63) is 65.5 Å². The summed E-state index contributed by atoms with van der Waals surface area (Å²) in [7, 11) is 0. The third-order valence-electron chi connectivity index (χ3n) is 8.81. The average molecular weight is 512 g/mol. The van der Waals surface area contributed by atoms with E-state index in [0.717, 1.165) is 66.0 Å². The highest BCUT2D eigenvalue weighted by atomic mass is 16.5. The molecule has 1 N–H and O–H groups in total. The highest BCUT2D eigenvalue weighted by molar-refractivity contribution is 5.98. The van der Waals surface area contributed by atoms with Crippen LogP contribution in [0.4, 0.5) is 0 Å². The Morgan fingerprint density at radius 2 is 1.82 bits per heavy atom. The molecule has 8 heteroatoms. The molecule has 3 aromatic rings. The number of carbonyl (C=O) groups is 2. The Morgan fingerprint density at radius 3 is 2.66 bits per heavy atom. The van der Waals surface area contributed by atoms with Gasteiger partial charge in [-0.25, -0.2) is 4.98 Å². The van der Waals surface area contributed by atoms with Crippen molar-refractivity contribution in [3.8, 4) is 5.75 Å². The molecule has 2 saturated heterocycles. The second-order valence-electron chi connectivity index (χ2n) is 11.2. The van der Waals surface area contributed by atoms with Gasteiger partial charge in [-0.1, -0.05) is 18.6 Å². The summed E-state index contributed by atoms with van der Waals surface area (Å²) in [5.41, 5.74) is 4.77. The van der Waals surface area contributed by atoms with Crippen molar-refractivity contribution >= 4 is 22.8 Å². The maximum absolute atomic E-state index is 13.0. The van der Waals surface area contributed by atoms with Crippen molar-refractivity contribution < 1.29 is 14.3 Å². The first kappa shape index (κ1) is 23.6. The van der Waals surface area contributed by atoms with E-state index in [-0.39, 0.29) is 24.0 Å². The highest BCUT2D eigenvalue weighted by Gasteiger charge is 2.40. The average Bonchev–Trinajstić information content (AvgIpc) is 3.24. The number of rotatable bonds is 5. The molecule has 0 radical (unpaired) electrons. The van der Waals surface area contributed by atoms with E-state index in [2.05, 4.69) is 21.3 Å². The summed E-state index contributed by atoms with van der Waals surface area (Å²) in [6, 6.07) is 14.4. The van der Waals surface area contributed by atoms with Gasteiger partial charge in [-0.05, 0) is 61.6 Å². The predicted octanol–water partition coefficient (Wildman–Crippen LogP) is 3.65. The summed E-state index contributed by atoms with van der Waals surface area (Å²) >= 11 is 0. The Balaban J connectivity index is 1.01. The van der Waals surface area contributed by atoms with Crippen molar-refractivity contribution in [1.82, 2.24) is 25.1 Å². The first-order valence-electron chi connectivity index (χ1n) is 14.0. The Bertz CT molecular complexity index is 1380. The summed E-state index contributed by atoms with van der Waals surface area (Å²) in [6.45, 7) is 3.10. The summed E-state index contributed by atoms with van der Waals surface area (Å²) in [5, 5.41) is 2.90. The van der Waals surface area contributed by atoms with E-state index in [1.807, 2.05) is 47.5 Å². The zero-order valence-electron chi connectivity index (χ0n) is 21.5. The number of piperidine rings is 1. The van der Waals surface area contributed by atoms with Crippen LogP contribution in [0.25, 0.3) is 11.0 Å². The largest absolute Gasteiger partial charge is 0.489 e. The van der Waals surface area contributed by atoms with Crippen LogP contribution in [0.3, 0.4) is 0 Å². The minimum atomic E-state index is 0.0614. The second kappa shape index (κ2) is 9.66. The number of benzene rings is 2. The molecule has 4 heterocycles. The molecule has 1 unspecified atom stereocenters. The van der Waals surface area contributed by atoms with E-state index in [9.17, 15) is 9.59 Å². The molecule has 4 aliphatic rings. The molecule has 196 valence electrons. The predicted molar refractivity (Wildman–Crippen MR) is 143 cm³/mol. The minimum Gasteiger partial charge on any atom is -0.489 e. The first-order valence-corrected chi connectivity index (χ1v) is 14.0. The molecule has 8 nitrogen and oxygen atoms in total. The zero-order chi connectivity index (χ0) is 25.6. The number of likely N-dealkylation sites (tertiary alicyclic amines) is 1. The Morgan fingerprint density at radius 1 is 0.974 bits per heavy atom. The summed E-state index contributed by atoms with van der Waals surface area (Å²) < 4.78 is 6.62. The lowest BCUT2D eigenvalue weighted by Gasteiger charge is -2.48. The number of aromatic nitrogens is 2. The van der Waals surface area contributed by atoms with Crippen molar-refractivity contribution in [2.24, 2.45) is 0 Å². The monoisotopic (exact) mass is 511 g/mol. The molecule has 1 aliphatic carbocycles. The molecular weight excluding hydrogens is 478 g/mol. The number of hydrogen-bond donors (Lipinski definition) is 1. The van der Waals surface area contributed by atoms with Crippen LogP contribution in [0, 0.1) is 0 Å². The van der Waals surface area contributed by atoms with Gasteiger partial charge < -0.3 is 15.0 Å². The lowest BCUT2D eigenvalue weighted by Crippen LogP contribution is -2.57. The summed E-state index contributed by atoms with van der Waals surface area (Å²) in [6.07, 6.45) is 7.89. The Kier molecular flexibility index (Phi) is 5.99. The van der Waals surface area contributed by atoms with Crippen LogP contribution < -0.4 is 10.1 Å². The fourth-order valence-corrected chi connectivity index (χ4v) is 6.62. The number of nitrogens with one attached hydrogen (secondary N) is 1. The molecule has 3 fully saturated rings. The van der Waals surface area contributed by atoms with Gasteiger partial charge in [0.2, 0.25) is 5.91 Å². The highest BCUT2D eigenvalue weighted by Crippen LogP contribution is 2.36. The van der Waals surface area contributed by atoms with Crippen molar-refractivity contribution in [1.29, 1.82) is 0 Å². The quantitative estimate of drug-likeness (QED) is 0.563. The maximum Gasteiger partial charge on any atom is 0.254 e. The van der Waals surface area contributed by atoms with Crippen molar-refractivity contribution in [3.63, 3.8) is 0 Å². The Labute approximate surface area is 222 Å². The number of nitrogens with zero attached hydrogens (tertiary/aromatic N) is 4. The minimum absolute atomic E-state index is 0.0614. The van der Waals surface area contributed by atoms with Crippen LogP contribution in [0.5, 0.6) is 5.75 Å². The van der Waals surface area contributed by atoms with E-state index in [0.29, 0.717) is 31.5 Å². The van der Waals surface area contributed by atoms with Crippen LogP contribution in [0.15, 0.2) is 48.7 Å². The van der Waals surface area contributed by atoms with Crippen molar-refractivity contribution in [2.45, 2.75) is 69.2 Å². The fraction of sp³-hybridized carbons (Fsp3) is 0.467. The SMILES string of the molecule is O=C1CCC(N2Cc3cc(O[C@@H]4CCCC[C@H]4N4CC(c5cnc6ccccc6n5)C4)ccc3C2=O)CN1. The topological polar surface area (TPSA) is 87.7 Å². The maximum atomic E-state index is 13.0. The Hall–Kier alpha value is -3.52. The molecule has 7 rings (SSSR count). The van der Waals surface area contributed by atoms with Gasteiger partial charge in [0.1, 0.15) is 11.9 Å². The number of ether oxygens (including phenoxy) is 1. The van der Waals surface area contributed by atoms with Crippen LogP contribution in [-0.2, 0) is 11.3 Å². The molecule has 3 atom stereocenters. The lowest BCUT2D eigenvalue weighted by molar-refractivity contribution is -0.123. The van der Waals surface area contributed by atoms with Crippen LogP contribution >= 0.6 is 0 Å². The smallest absolute Gasteiger partial charge is 0.254 e. The van der Waals surface area contributed by atoms with Gasteiger partial charge in [-0.15, -0.1) is 0 Å². The molecule has 2 aromatic carbocycles. The fourth-order valence-electron chi connectivity index (χ4n) is 6.62. The number of para-hydroxylation sites is 2. The van der Waals surface area contributed by atoms with Crippen LogP contribution in [-0.4, -0.2) is 69.4 Å². The van der Waals surface area contributed by atoms with E-state index in [1.165, 1.54) is 12.8 Å². The number of fused-ring (bicyclic) bond motifs is 2. The van der Waals surface area contributed by atoms with Crippen molar-refractivity contribution in [2.75, 3.05) is 19.6 Å². The van der Waals surface area contributed by atoms with Gasteiger partial charge in [0.15, 0.2) is 0 Å². The molecule has 0 spiro atoms. The van der Waals surface area contributed by atoms with Gasteiger partial charge in [-0.3, -0.25) is 19.5 Å². The molecule has 2 amide bonds. The van der Waals surface area contributed by atoms with Gasteiger partial charge in [0, 0.05) is 56.3 Å². The molecule has 3 aliphatic heterocycles. The van der Waals surface area contributed by atoms with Gasteiger partial charge >= 0.3 is 0 Å². The first-order chi connectivity index (χ1) is 18.6. The number of carbonyl (C=O) groups excluding carboxylic acids is 2. The molecule has 1 aromatic heterocycles. The van der Waals surface area contributed by atoms with Gasteiger partial charge in [0.25, 0.3) is 5.91 Å². The molecule has 1 saturated carbocycles. The van der Waals surface area contributed by atoms with Gasteiger partial charge in [-0.2, -0.15) is 0 Å². The van der Waals surface area contributed by atoms with Crippen LogP contribution in [0.2, 0.25) is 0 Å². The second-order valence-corrected chi connectivity index (χ2v) is 11.2. The van der Waals surface area contributed by atoms with Crippen LogP contribution in [0.1, 0.15) is 66.1 Å². The molecule has 0 bridgehead atoms. The molecular formula is C30H33N5O3. The van der Waals surface area contributed by atoms with E-state index < -0.39 is 0 Å². The number of amides is 2. The number of hydrogen-bond acceptors (Lipinski definition) is 6. The third-order valence-corrected chi connectivity index (χ3v) is 8.81.